The van der Waals surface area contributed by atoms with E-state index in [0.717, 1.165) is 43.9 Å². The van der Waals surface area contributed by atoms with Gasteiger partial charge in [-0.25, -0.2) is 0 Å². The van der Waals surface area contributed by atoms with Crippen molar-refractivity contribution < 1.29 is 9.53 Å². The van der Waals surface area contributed by atoms with E-state index in [-0.39, 0.29) is 11.8 Å². The highest BCUT2D eigenvalue weighted by Gasteiger charge is 2.21. The zero-order chi connectivity index (χ0) is 19.2. The number of piperidine rings is 1. The summed E-state index contributed by atoms with van der Waals surface area (Å²) in [7, 11) is 1.71. The van der Waals surface area contributed by atoms with Gasteiger partial charge in [0.25, 0.3) is 0 Å². The van der Waals surface area contributed by atoms with Gasteiger partial charge in [0, 0.05) is 18.2 Å². The van der Waals surface area contributed by atoms with E-state index in [9.17, 15) is 4.79 Å². The number of carbonyl (C=O) groups excluding carboxylic acids is 1. The zero-order valence-electron chi connectivity index (χ0n) is 16.6. The van der Waals surface area contributed by atoms with E-state index in [4.69, 9.17) is 4.74 Å². The molecule has 0 saturated carbocycles. The first-order valence-corrected chi connectivity index (χ1v) is 9.81. The highest BCUT2D eigenvalue weighted by molar-refractivity contribution is 5.92. The van der Waals surface area contributed by atoms with Gasteiger partial charge >= 0.3 is 0 Å². The van der Waals surface area contributed by atoms with Gasteiger partial charge in [0.1, 0.15) is 5.75 Å². The van der Waals surface area contributed by atoms with Gasteiger partial charge < -0.3 is 10.1 Å². The Bertz CT molecular complexity index is 764. The average molecular weight is 367 g/mol. The Morgan fingerprint density at radius 3 is 2.59 bits per heavy atom. The quantitative estimate of drug-likeness (QED) is 0.808. The fourth-order valence-corrected chi connectivity index (χ4v) is 3.61. The molecule has 4 nitrogen and oxygen atoms in total. The van der Waals surface area contributed by atoms with Crippen molar-refractivity contribution in [3.05, 3.63) is 59.7 Å². The van der Waals surface area contributed by atoms with Gasteiger partial charge in [-0.2, -0.15) is 0 Å². The Kier molecular flexibility index (Phi) is 6.51. The minimum atomic E-state index is -0.00601. The summed E-state index contributed by atoms with van der Waals surface area (Å²) in [6, 6.07) is 16.7. The lowest BCUT2D eigenvalue weighted by Crippen LogP contribution is -2.32. The maximum atomic E-state index is 11.9. The van der Waals surface area contributed by atoms with Crippen LogP contribution in [0.5, 0.6) is 5.75 Å². The minimum Gasteiger partial charge on any atom is -0.497 e. The topological polar surface area (TPSA) is 41.6 Å². The fraction of sp³-hybridized carbons (Fsp3) is 0.435. The highest BCUT2D eigenvalue weighted by Crippen LogP contribution is 2.30. The SMILES string of the molecule is COc1cccc(CN2CCC(c3cccc(NC(=O)C(C)C)c3)CC2)c1. The van der Waals surface area contributed by atoms with Crippen molar-refractivity contribution in [1.82, 2.24) is 4.90 Å². The second kappa shape index (κ2) is 9.05. The van der Waals surface area contributed by atoms with E-state index in [1.165, 1.54) is 11.1 Å². The van der Waals surface area contributed by atoms with Gasteiger partial charge in [0.05, 0.1) is 7.11 Å². The van der Waals surface area contributed by atoms with Crippen LogP contribution in [0.15, 0.2) is 48.5 Å². The molecule has 3 rings (SSSR count). The Balaban J connectivity index is 1.56. The second-order valence-corrected chi connectivity index (χ2v) is 7.67. The van der Waals surface area contributed by atoms with Crippen LogP contribution < -0.4 is 10.1 Å². The van der Waals surface area contributed by atoms with E-state index >= 15 is 0 Å². The van der Waals surface area contributed by atoms with E-state index in [1.54, 1.807) is 7.11 Å². The largest absolute Gasteiger partial charge is 0.497 e. The van der Waals surface area contributed by atoms with Crippen molar-refractivity contribution in [3.63, 3.8) is 0 Å². The third-order valence-electron chi connectivity index (χ3n) is 5.28. The molecule has 1 N–H and O–H groups in total. The summed E-state index contributed by atoms with van der Waals surface area (Å²) in [5.41, 5.74) is 3.54. The van der Waals surface area contributed by atoms with Gasteiger partial charge in [-0.1, -0.05) is 38.1 Å². The van der Waals surface area contributed by atoms with E-state index < -0.39 is 0 Å². The molecule has 0 bridgehead atoms. The monoisotopic (exact) mass is 366 g/mol. The lowest BCUT2D eigenvalue weighted by Gasteiger charge is -2.32. The van der Waals surface area contributed by atoms with E-state index in [1.807, 2.05) is 32.0 Å². The Morgan fingerprint density at radius 1 is 1.15 bits per heavy atom. The smallest absolute Gasteiger partial charge is 0.226 e. The summed E-state index contributed by atoms with van der Waals surface area (Å²) < 4.78 is 5.32. The van der Waals surface area contributed by atoms with Gasteiger partial charge in [-0.3, -0.25) is 9.69 Å². The Morgan fingerprint density at radius 2 is 1.89 bits per heavy atom. The summed E-state index contributed by atoms with van der Waals surface area (Å²) in [4.78, 5) is 14.4. The molecule has 1 amide bonds. The predicted octanol–water partition coefficient (Wildman–Crippen LogP) is 4.67. The molecule has 0 spiro atoms. The number of nitrogens with one attached hydrogen (secondary N) is 1. The average Bonchev–Trinajstić information content (AvgIpc) is 2.69. The number of amides is 1. The number of likely N-dealkylation sites (tertiary alicyclic amines) is 1. The molecule has 1 fully saturated rings. The number of hydrogen-bond donors (Lipinski definition) is 1. The van der Waals surface area contributed by atoms with Crippen LogP contribution in [0.25, 0.3) is 0 Å². The lowest BCUT2D eigenvalue weighted by molar-refractivity contribution is -0.118. The van der Waals surface area contributed by atoms with Crippen molar-refractivity contribution in [3.8, 4) is 5.75 Å². The molecule has 0 aromatic heterocycles. The maximum absolute atomic E-state index is 11.9. The van der Waals surface area contributed by atoms with Crippen LogP contribution in [0.1, 0.15) is 43.7 Å². The molecule has 0 atom stereocenters. The van der Waals surface area contributed by atoms with E-state index in [0.29, 0.717) is 5.92 Å². The summed E-state index contributed by atoms with van der Waals surface area (Å²) in [5, 5.41) is 3.01. The van der Waals surface area contributed by atoms with Crippen molar-refractivity contribution in [1.29, 1.82) is 0 Å². The molecular weight excluding hydrogens is 336 g/mol. The van der Waals surface area contributed by atoms with Gasteiger partial charge in [-0.15, -0.1) is 0 Å². The van der Waals surface area contributed by atoms with Crippen LogP contribution in [-0.2, 0) is 11.3 Å². The summed E-state index contributed by atoms with van der Waals surface area (Å²) in [5.74, 6) is 1.54. The van der Waals surface area contributed by atoms with Gasteiger partial charge in [0.15, 0.2) is 0 Å². The van der Waals surface area contributed by atoms with Crippen LogP contribution in [0.4, 0.5) is 5.69 Å². The first-order valence-electron chi connectivity index (χ1n) is 9.81. The standard InChI is InChI=1S/C23H30N2O2/c1-17(2)23(26)24-21-8-5-7-20(15-21)19-10-12-25(13-11-19)16-18-6-4-9-22(14-18)27-3/h4-9,14-15,17,19H,10-13,16H2,1-3H3,(H,24,26). The lowest BCUT2D eigenvalue weighted by atomic mass is 9.89. The summed E-state index contributed by atoms with van der Waals surface area (Å²) in [6.45, 7) is 6.97. The number of anilines is 1. The normalized spacial score (nSPS) is 15.7. The molecule has 0 radical (unpaired) electrons. The van der Waals surface area contributed by atoms with Gasteiger partial charge in [-0.05, 0) is 67.2 Å². The molecule has 0 unspecified atom stereocenters. The maximum Gasteiger partial charge on any atom is 0.226 e. The van der Waals surface area contributed by atoms with Gasteiger partial charge in [0.2, 0.25) is 5.91 Å². The van der Waals surface area contributed by atoms with Crippen molar-refractivity contribution in [2.75, 3.05) is 25.5 Å². The highest BCUT2D eigenvalue weighted by atomic mass is 16.5. The first-order chi connectivity index (χ1) is 13.0. The Labute approximate surface area is 162 Å². The number of rotatable bonds is 6. The van der Waals surface area contributed by atoms with Crippen LogP contribution in [0, 0.1) is 5.92 Å². The number of benzene rings is 2. The predicted molar refractivity (Wildman–Crippen MR) is 110 cm³/mol. The third-order valence-corrected chi connectivity index (χ3v) is 5.28. The van der Waals surface area contributed by atoms with E-state index in [2.05, 4.69) is 40.5 Å². The van der Waals surface area contributed by atoms with Crippen LogP contribution in [-0.4, -0.2) is 31.0 Å². The number of carbonyl (C=O) groups is 1. The van der Waals surface area contributed by atoms with Crippen molar-refractivity contribution in [2.24, 2.45) is 5.92 Å². The minimum absolute atomic E-state index is 0.00601. The van der Waals surface area contributed by atoms with Crippen molar-refractivity contribution >= 4 is 11.6 Å². The molecule has 1 aliphatic heterocycles. The molecule has 144 valence electrons. The molecule has 0 aliphatic carbocycles. The third kappa shape index (κ3) is 5.33. The molecule has 2 aromatic carbocycles. The zero-order valence-corrected chi connectivity index (χ0v) is 16.6. The summed E-state index contributed by atoms with van der Waals surface area (Å²) in [6.07, 6.45) is 2.29. The number of methoxy groups -OCH3 is 1. The number of hydrogen-bond acceptors (Lipinski definition) is 3. The fourth-order valence-electron chi connectivity index (χ4n) is 3.61. The molecule has 2 aromatic rings. The van der Waals surface area contributed by atoms with Crippen molar-refractivity contribution in [2.45, 2.75) is 39.2 Å². The molecule has 4 heteroatoms. The van der Waals surface area contributed by atoms with Crippen LogP contribution in [0.3, 0.4) is 0 Å². The summed E-state index contributed by atoms with van der Waals surface area (Å²) >= 11 is 0. The molecule has 1 heterocycles. The van der Waals surface area contributed by atoms with Crippen LogP contribution in [0.2, 0.25) is 0 Å². The molecule has 1 saturated heterocycles. The Hall–Kier alpha value is -2.33. The number of nitrogens with zero attached hydrogens (tertiary/aromatic N) is 1. The molecule has 1 aliphatic rings. The molecular formula is C23H30N2O2. The second-order valence-electron chi connectivity index (χ2n) is 7.67. The molecule has 27 heavy (non-hydrogen) atoms. The number of ether oxygens (including phenoxy) is 1. The first kappa shape index (κ1) is 19.4. The van der Waals surface area contributed by atoms with Crippen LogP contribution >= 0.6 is 0 Å².